The minimum Gasteiger partial charge on any atom is -0.380 e. The molecule has 0 saturated carbocycles. The summed E-state index contributed by atoms with van der Waals surface area (Å²) in [5.74, 6) is 1.36. The fourth-order valence-electron chi connectivity index (χ4n) is 1.24. The number of hydrogen-bond donors (Lipinski definition) is 1. The van der Waals surface area contributed by atoms with Crippen molar-refractivity contribution in [1.29, 1.82) is 0 Å². The second-order valence-electron chi connectivity index (χ2n) is 4.01. The van der Waals surface area contributed by atoms with Crippen molar-refractivity contribution in [3.05, 3.63) is 0 Å². The molecule has 2 nitrogen and oxygen atoms in total. The first-order valence-electron chi connectivity index (χ1n) is 5.57. The first-order valence-corrected chi connectivity index (χ1v) is 6.11. The summed E-state index contributed by atoms with van der Waals surface area (Å²) in [5, 5.41) is 3.43. The van der Waals surface area contributed by atoms with Gasteiger partial charge in [-0.3, -0.25) is 0 Å². The molecule has 0 aliphatic carbocycles. The second-order valence-corrected chi connectivity index (χ2v) is 4.38. The van der Waals surface area contributed by atoms with Crippen LogP contribution in [0.3, 0.4) is 0 Å². The van der Waals surface area contributed by atoms with Gasteiger partial charge >= 0.3 is 0 Å². The Morgan fingerprint density at radius 3 is 2.57 bits per heavy atom. The summed E-state index contributed by atoms with van der Waals surface area (Å²) in [5.41, 5.74) is 0. The highest BCUT2D eigenvalue weighted by Crippen LogP contribution is 1.98. The molecule has 0 fully saturated rings. The van der Waals surface area contributed by atoms with E-state index in [2.05, 4.69) is 26.1 Å². The summed E-state index contributed by atoms with van der Waals surface area (Å²) < 4.78 is 5.47. The van der Waals surface area contributed by atoms with Crippen molar-refractivity contribution < 1.29 is 4.74 Å². The SMILES string of the molecule is CCC(CCCl)NCCOCC(C)C. The third-order valence-corrected chi connectivity index (χ3v) is 2.30. The molecular formula is C11H24ClNO. The smallest absolute Gasteiger partial charge is 0.0591 e. The van der Waals surface area contributed by atoms with Gasteiger partial charge < -0.3 is 10.1 Å². The van der Waals surface area contributed by atoms with Crippen LogP contribution in [0.25, 0.3) is 0 Å². The zero-order chi connectivity index (χ0) is 10.8. The minimum atomic E-state index is 0.551. The van der Waals surface area contributed by atoms with E-state index in [1.165, 1.54) is 0 Å². The zero-order valence-corrected chi connectivity index (χ0v) is 10.4. The maximum atomic E-state index is 5.69. The van der Waals surface area contributed by atoms with Crippen LogP contribution in [-0.4, -0.2) is 31.7 Å². The Kier molecular flexibility index (Phi) is 9.90. The number of ether oxygens (including phenoxy) is 1. The molecule has 1 N–H and O–H groups in total. The van der Waals surface area contributed by atoms with Crippen molar-refractivity contribution in [2.24, 2.45) is 5.92 Å². The summed E-state index contributed by atoms with van der Waals surface area (Å²) >= 11 is 5.69. The van der Waals surface area contributed by atoms with E-state index in [4.69, 9.17) is 16.3 Å². The molecule has 0 heterocycles. The van der Waals surface area contributed by atoms with Crippen LogP contribution in [-0.2, 0) is 4.74 Å². The van der Waals surface area contributed by atoms with Crippen LogP contribution in [0.5, 0.6) is 0 Å². The lowest BCUT2D eigenvalue weighted by Gasteiger charge is -2.15. The molecule has 14 heavy (non-hydrogen) atoms. The van der Waals surface area contributed by atoms with Crippen molar-refractivity contribution in [2.75, 3.05) is 25.6 Å². The monoisotopic (exact) mass is 221 g/mol. The Labute approximate surface area is 93.4 Å². The van der Waals surface area contributed by atoms with Crippen molar-refractivity contribution >= 4 is 11.6 Å². The Bertz CT molecular complexity index is 120. The number of nitrogens with one attached hydrogen (secondary N) is 1. The van der Waals surface area contributed by atoms with Gasteiger partial charge in [-0.05, 0) is 18.8 Å². The maximum absolute atomic E-state index is 5.69. The first kappa shape index (κ1) is 14.2. The topological polar surface area (TPSA) is 21.3 Å². The van der Waals surface area contributed by atoms with Crippen molar-refractivity contribution in [3.8, 4) is 0 Å². The number of hydrogen-bond acceptors (Lipinski definition) is 2. The van der Waals surface area contributed by atoms with Gasteiger partial charge in [0.2, 0.25) is 0 Å². The molecular weight excluding hydrogens is 198 g/mol. The van der Waals surface area contributed by atoms with Gasteiger partial charge in [-0.2, -0.15) is 0 Å². The van der Waals surface area contributed by atoms with Gasteiger partial charge in [0.25, 0.3) is 0 Å². The molecule has 3 heteroatoms. The standard InChI is InChI=1S/C11H24ClNO/c1-4-11(5-6-12)13-7-8-14-9-10(2)3/h10-11,13H,4-9H2,1-3H3. The molecule has 0 bridgehead atoms. The van der Waals surface area contributed by atoms with Crippen LogP contribution < -0.4 is 5.32 Å². The molecule has 0 saturated heterocycles. The van der Waals surface area contributed by atoms with E-state index in [0.29, 0.717) is 12.0 Å². The van der Waals surface area contributed by atoms with Gasteiger partial charge in [0.05, 0.1) is 6.61 Å². The van der Waals surface area contributed by atoms with E-state index in [1.807, 2.05) is 0 Å². The summed E-state index contributed by atoms with van der Waals surface area (Å²) in [6.07, 6.45) is 2.18. The van der Waals surface area contributed by atoms with Crippen LogP contribution in [0.4, 0.5) is 0 Å². The normalized spacial score (nSPS) is 13.5. The van der Waals surface area contributed by atoms with Crippen molar-refractivity contribution in [3.63, 3.8) is 0 Å². The summed E-state index contributed by atoms with van der Waals surface area (Å²) in [7, 11) is 0. The highest BCUT2D eigenvalue weighted by molar-refractivity contribution is 6.17. The highest BCUT2D eigenvalue weighted by atomic mass is 35.5. The summed E-state index contributed by atoms with van der Waals surface area (Å²) in [6.45, 7) is 9.10. The third kappa shape index (κ3) is 8.79. The van der Waals surface area contributed by atoms with E-state index in [0.717, 1.165) is 38.5 Å². The highest BCUT2D eigenvalue weighted by Gasteiger charge is 2.03. The lowest BCUT2D eigenvalue weighted by molar-refractivity contribution is 0.110. The lowest BCUT2D eigenvalue weighted by atomic mass is 10.2. The van der Waals surface area contributed by atoms with E-state index in [9.17, 15) is 0 Å². The Hall–Kier alpha value is 0.210. The molecule has 0 aromatic heterocycles. The van der Waals surface area contributed by atoms with Gasteiger partial charge in [-0.25, -0.2) is 0 Å². The second kappa shape index (κ2) is 9.75. The molecule has 1 unspecified atom stereocenters. The lowest BCUT2D eigenvalue weighted by Crippen LogP contribution is -2.32. The van der Waals surface area contributed by atoms with Crippen LogP contribution in [0, 0.1) is 5.92 Å². The van der Waals surface area contributed by atoms with Gasteiger partial charge in [-0.15, -0.1) is 11.6 Å². The van der Waals surface area contributed by atoms with Crippen molar-refractivity contribution in [1.82, 2.24) is 5.32 Å². The Morgan fingerprint density at radius 2 is 2.07 bits per heavy atom. The van der Waals surface area contributed by atoms with E-state index >= 15 is 0 Å². The molecule has 0 rings (SSSR count). The molecule has 0 aromatic rings. The molecule has 0 radical (unpaired) electrons. The Morgan fingerprint density at radius 1 is 1.36 bits per heavy atom. The van der Waals surface area contributed by atoms with Gasteiger partial charge in [0, 0.05) is 25.1 Å². The van der Waals surface area contributed by atoms with E-state index in [1.54, 1.807) is 0 Å². The van der Waals surface area contributed by atoms with Crippen LogP contribution in [0.2, 0.25) is 0 Å². The third-order valence-electron chi connectivity index (χ3n) is 2.08. The van der Waals surface area contributed by atoms with Crippen LogP contribution in [0.1, 0.15) is 33.6 Å². The predicted molar refractivity (Wildman–Crippen MR) is 63.1 cm³/mol. The largest absolute Gasteiger partial charge is 0.380 e. The average molecular weight is 222 g/mol. The quantitative estimate of drug-likeness (QED) is 0.478. The number of alkyl halides is 1. The van der Waals surface area contributed by atoms with E-state index < -0.39 is 0 Å². The summed E-state index contributed by atoms with van der Waals surface area (Å²) in [6, 6.07) is 0.551. The fourth-order valence-corrected chi connectivity index (χ4v) is 1.50. The predicted octanol–water partition coefficient (Wildman–Crippen LogP) is 2.66. The molecule has 0 aromatic carbocycles. The molecule has 0 aliphatic rings. The maximum Gasteiger partial charge on any atom is 0.0591 e. The van der Waals surface area contributed by atoms with Crippen LogP contribution >= 0.6 is 11.6 Å². The zero-order valence-electron chi connectivity index (χ0n) is 9.68. The first-order chi connectivity index (χ1) is 6.70. The van der Waals surface area contributed by atoms with Gasteiger partial charge in [0.1, 0.15) is 0 Å². The van der Waals surface area contributed by atoms with Crippen molar-refractivity contribution in [2.45, 2.75) is 39.7 Å². The molecule has 0 amide bonds. The van der Waals surface area contributed by atoms with Gasteiger partial charge in [0.15, 0.2) is 0 Å². The Balaban J connectivity index is 3.24. The molecule has 1 atom stereocenters. The van der Waals surface area contributed by atoms with Crippen LogP contribution in [0.15, 0.2) is 0 Å². The molecule has 0 aliphatic heterocycles. The minimum absolute atomic E-state index is 0.551. The van der Waals surface area contributed by atoms with E-state index in [-0.39, 0.29) is 0 Å². The summed E-state index contributed by atoms with van der Waals surface area (Å²) in [4.78, 5) is 0. The number of halogens is 1. The number of rotatable bonds is 9. The fraction of sp³-hybridized carbons (Fsp3) is 1.00. The molecule has 86 valence electrons. The van der Waals surface area contributed by atoms with Gasteiger partial charge in [-0.1, -0.05) is 20.8 Å². The average Bonchev–Trinajstić information content (AvgIpc) is 2.15. The molecule has 0 spiro atoms.